The summed E-state index contributed by atoms with van der Waals surface area (Å²) in [7, 11) is 0. The largest absolute Gasteiger partial charge is 0.491 e. The highest BCUT2D eigenvalue weighted by molar-refractivity contribution is 6.19. The van der Waals surface area contributed by atoms with E-state index < -0.39 is 30.3 Å². The van der Waals surface area contributed by atoms with Crippen LogP contribution in [-0.2, 0) is 5.41 Å². The van der Waals surface area contributed by atoms with Crippen molar-refractivity contribution in [1.82, 2.24) is 0 Å². The van der Waals surface area contributed by atoms with Crippen molar-refractivity contribution in [1.29, 1.82) is 0 Å². The van der Waals surface area contributed by atoms with Crippen LogP contribution in [0.3, 0.4) is 0 Å². The van der Waals surface area contributed by atoms with Gasteiger partial charge in [-0.15, -0.1) is 0 Å². The number of carbonyl (C=O) groups is 2. The normalized spacial score (nSPS) is 15.3. The van der Waals surface area contributed by atoms with Gasteiger partial charge in [0.15, 0.2) is 5.78 Å². The molecule has 4 N–H and O–H groups in total. The summed E-state index contributed by atoms with van der Waals surface area (Å²) in [5, 5.41) is 31.7. The summed E-state index contributed by atoms with van der Waals surface area (Å²) in [6.45, 7) is 3.04. The van der Waals surface area contributed by atoms with Crippen LogP contribution in [-0.4, -0.2) is 52.6 Å². The third-order valence-corrected chi connectivity index (χ3v) is 6.65. The number of furan rings is 1. The van der Waals surface area contributed by atoms with Gasteiger partial charge in [-0.2, -0.15) is 0 Å². The molecule has 1 aliphatic rings. The molecule has 1 aliphatic carbocycles. The van der Waals surface area contributed by atoms with Crippen molar-refractivity contribution < 1.29 is 38.8 Å². The molecule has 1 heterocycles. The number of ketones is 1. The van der Waals surface area contributed by atoms with E-state index in [1.165, 1.54) is 0 Å². The second-order valence-corrected chi connectivity index (χ2v) is 9.63. The Labute approximate surface area is 218 Å². The monoisotopic (exact) mass is 517 g/mol. The zero-order valence-electron chi connectivity index (χ0n) is 20.8. The van der Waals surface area contributed by atoms with Gasteiger partial charge >= 0.3 is 6.09 Å². The fourth-order valence-electron chi connectivity index (χ4n) is 4.58. The molecule has 4 aromatic rings. The number of fused-ring (bicyclic) bond motifs is 4. The Bertz CT molecular complexity index is 1510. The van der Waals surface area contributed by atoms with Crippen LogP contribution in [0.15, 0.2) is 71.1 Å². The van der Waals surface area contributed by atoms with Crippen molar-refractivity contribution in [3.8, 4) is 11.5 Å². The van der Waals surface area contributed by atoms with Gasteiger partial charge in [-0.25, -0.2) is 4.79 Å². The van der Waals surface area contributed by atoms with E-state index in [0.717, 1.165) is 0 Å². The summed E-state index contributed by atoms with van der Waals surface area (Å²) in [5.74, 6) is 0.933. The van der Waals surface area contributed by atoms with Crippen molar-refractivity contribution in [3.05, 3.63) is 89.2 Å². The molecule has 0 fully saturated rings. The minimum absolute atomic E-state index is 0.203. The summed E-state index contributed by atoms with van der Waals surface area (Å²) in [6, 6.07) is 18.8. The summed E-state index contributed by atoms with van der Waals surface area (Å²) in [6.07, 6.45) is -3.24. The minimum Gasteiger partial charge on any atom is -0.491 e. The summed E-state index contributed by atoms with van der Waals surface area (Å²) in [4.78, 5) is 25.9. The van der Waals surface area contributed by atoms with Crippen LogP contribution in [0.5, 0.6) is 11.5 Å². The van der Waals surface area contributed by atoms with Gasteiger partial charge in [-0.05, 0) is 61.9 Å². The second-order valence-electron chi connectivity index (χ2n) is 9.63. The van der Waals surface area contributed by atoms with Gasteiger partial charge in [-0.1, -0.05) is 18.2 Å². The van der Waals surface area contributed by atoms with E-state index in [4.69, 9.17) is 19.0 Å². The summed E-state index contributed by atoms with van der Waals surface area (Å²) >= 11 is 0. The van der Waals surface area contributed by atoms with E-state index in [0.29, 0.717) is 44.9 Å². The third-order valence-electron chi connectivity index (χ3n) is 6.65. The fourth-order valence-corrected chi connectivity index (χ4v) is 4.58. The van der Waals surface area contributed by atoms with Crippen LogP contribution in [0.4, 0.5) is 10.5 Å². The van der Waals surface area contributed by atoms with Crippen molar-refractivity contribution >= 4 is 28.5 Å². The highest BCUT2D eigenvalue weighted by Gasteiger charge is 2.42. The van der Waals surface area contributed by atoms with Crippen LogP contribution in [0.25, 0.3) is 11.0 Å². The molecule has 0 bridgehead atoms. The first-order valence-electron chi connectivity index (χ1n) is 12.1. The number of ether oxygens (including phenoxy) is 2. The molecule has 0 spiro atoms. The quantitative estimate of drug-likeness (QED) is 0.289. The van der Waals surface area contributed by atoms with Crippen LogP contribution in [0.1, 0.15) is 41.1 Å². The zero-order chi connectivity index (χ0) is 27.0. The van der Waals surface area contributed by atoms with E-state index in [2.05, 4.69) is 5.32 Å². The Hall–Kier alpha value is -4.18. The molecule has 5 rings (SSSR count). The lowest BCUT2D eigenvalue weighted by atomic mass is 9.71. The first-order chi connectivity index (χ1) is 18.2. The molecule has 38 heavy (non-hydrogen) atoms. The number of nitrogens with one attached hydrogen (secondary N) is 1. The average molecular weight is 518 g/mol. The average Bonchev–Trinajstić information content (AvgIpc) is 3.30. The van der Waals surface area contributed by atoms with Crippen molar-refractivity contribution in [2.75, 3.05) is 18.5 Å². The molecule has 9 nitrogen and oxygen atoms in total. The maximum atomic E-state index is 13.5. The molecule has 196 valence electrons. The minimum atomic E-state index is -1.32. The number of benzene rings is 3. The number of hydrogen-bond donors (Lipinski definition) is 4. The molecule has 2 atom stereocenters. The predicted octanol–water partition coefficient (Wildman–Crippen LogP) is 4.01. The SMILES string of the molecule is CC1(C)c2cc(OC[C@@H](O)[C@H](O)CO)ccc2C(=O)c2c1oc1cc(OC(=O)Nc3ccccc3)ccc21. The maximum Gasteiger partial charge on any atom is 0.417 e. The number of carbonyl (C=O) groups excluding carboxylic acids is 2. The van der Waals surface area contributed by atoms with E-state index in [1.54, 1.807) is 60.7 Å². The number of rotatable bonds is 7. The number of aliphatic hydroxyl groups is 3. The zero-order valence-corrected chi connectivity index (χ0v) is 20.8. The first kappa shape index (κ1) is 25.5. The lowest BCUT2D eigenvalue weighted by Crippen LogP contribution is -2.34. The molecule has 1 amide bonds. The molecule has 0 radical (unpaired) electrons. The number of amides is 1. The number of hydrogen-bond acceptors (Lipinski definition) is 8. The Morgan fingerprint density at radius 1 is 1.00 bits per heavy atom. The van der Waals surface area contributed by atoms with Crippen molar-refractivity contribution in [2.24, 2.45) is 0 Å². The van der Waals surface area contributed by atoms with E-state index in [-0.39, 0.29) is 18.1 Å². The van der Waals surface area contributed by atoms with Gasteiger partial charge in [0.2, 0.25) is 0 Å². The Morgan fingerprint density at radius 2 is 1.74 bits per heavy atom. The molecule has 3 aromatic carbocycles. The van der Waals surface area contributed by atoms with E-state index in [9.17, 15) is 19.8 Å². The van der Waals surface area contributed by atoms with Crippen molar-refractivity contribution in [3.63, 3.8) is 0 Å². The number of anilines is 1. The smallest absolute Gasteiger partial charge is 0.417 e. The molecular weight excluding hydrogens is 490 g/mol. The van der Waals surface area contributed by atoms with Crippen LogP contribution < -0.4 is 14.8 Å². The van der Waals surface area contributed by atoms with Gasteiger partial charge in [-0.3, -0.25) is 10.1 Å². The summed E-state index contributed by atoms with van der Waals surface area (Å²) in [5.41, 5.74) is 1.92. The lowest BCUT2D eigenvalue weighted by molar-refractivity contribution is -0.0339. The lowest BCUT2D eigenvalue weighted by Gasteiger charge is -2.31. The Kier molecular flexibility index (Phi) is 6.66. The van der Waals surface area contributed by atoms with Crippen LogP contribution in [0.2, 0.25) is 0 Å². The van der Waals surface area contributed by atoms with E-state index in [1.807, 2.05) is 19.9 Å². The van der Waals surface area contributed by atoms with Gasteiger partial charge in [0.25, 0.3) is 0 Å². The first-order valence-corrected chi connectivity index (χ1v) is 12.1. The predicted molar refractivity (Wildman–Crippen MR) is 139 cm³/mol. The van der Waals surface area contributed by atoms with Crippen LogP contribution in [0, 0.1) is 0 Å². The van der Waals surface area contributed by atoms with Gasteiger partial charge in [0, 0.05) is 28.1 Å². The van der Waals surface area contributed by atoms with Gasteiger partial charge < -0.3 is 29.2 Å². The molecule has 0 saturated heterocycles. The summed E-state index contributed by atoms with van der Waals surface area (Å²) < 4.78 is 17.2. The van der Waals surface area contributed by atoms with Crippen molar-refractivity contribution in [2.45, 2.75) is 31.5 Å². The fraction of sp³-hybridized carbons (Fsp3) is 0.241. The van der Waals surface area contributed by atoms with Gasteiger partial charge in [0.1, 0.15) is 41.7 Å². The standard InChI is InChI=1S/C29H27NO8/c1-29(2)21-12-17(36-15-23(33)22(32)14-31)8-10-19(21)26(34)25-20-11-9-18(13-24(20)38-27(25)29)37-28(35)30-16-6-4-3-5-7-16/h3-13,22-23,31-33H,14-15H2,1-2H3,(H,30,35)/t22-,23-/m1/s1. The topological polar surface area (TPSA) is 138 Å². The highest BCUT2D eigenvalue weighted by atomic mass is 16.6. The number of aliphatic hydroxyl groups excluding tert-OH is 3. The molecule has 0 unspecified atom stereocenters. The second kappa shape index (κ2) is 9.94. The third kappa shape index (κ3) is 4.63. The van der Waals surface area contributed by atoms with Gasteiger partial charge in [0.05, 0.1) is 12.2 Å². The molecular formula is C29H27NO8. The van der Waals surface area contributed by atoms with Crippen LogP contribution >= 0.6 is 0 Å². The molecule has 0 saturated carbocycles. The maximum absolute atomic E-state index is 13.5. The number of para-hydroxylation sites is 1. The highest BCUT2D eigenvalue weighted by Crippen LogP contribution is 2.46. The Morgan fingerprint density at radius 3 is 2.47 bits per heavy atom. The molecule has 0 aliphatic heterocycles. The Balaban J connectivity index is 1.42. The molecule has 1 aromatic heterocycles. The van der Waals surface area contributed by atoms with E-state index >= 15 is 0 Å². The molecule has 9 heteroatoms.